The van der Waals surface area contributed by atoms with Gasteiger partial charge in [-0.25, -0.2) is 8.42 Å². The Bertz CT molecular complexity index is 344. The van der Waals surface area contributed by atoms with Crippen LogP contribution in [0, 0.1) is 16.7 Å². The van der Waals surface area contributed by atoms with Gasteiger partial charge >= 0.3 is 0 Å². The Morgan fingerprint density at radius 1 is 1.57 bits per heavy atom. The summed E-state index contributed by atoms with van der Waals surface area (Å²) in [5.74, 6) is 0.104. The normalized spacial score (nSPS) is 31.1. The highest BCUT2D eigenvalue weighted by Gasteiger charge is 2.61. The number of ether oxygens (including phenoxy) is 1. The molecule has 0 aromatic carbocycles. The lowest BCUT2D eigenvalue weighted by atomic mass is 10.1. The Kier molecular flexibility index (Phi) is 3.17. The van der Waals surface area contributed by atoms with Gasteiger partial charge in [0.1, 0.15) is 0 Å². The third-order valence-electron chi connectivity index (χ3n) is 2.63. The highest BCUT2D eigenvalue weighted by atomic mass is 32.2. The van der Waals surface area contributed by atoms with Gasteiger partial charge in [0.15, 0.2) is 9.84 Å². The van der Waals surface area contributed by atoms with Gasteiger partial charge in [0.05, 0.1) is 23.3 Å². The van der Waals surface area contributed by atoms with Gasteiger partial charge < -0.3 is 4.74 Å². The van der Waals surface area contributed by atoms with E-state index in [-0.39, 0.29) is 12.4 Å². The Morgan fingerprint density at radius 3 is 2.64 bits per heavy atom. The summed E-state index contributed by atoms with van der Waals surface area (Å²) < 4.78 is 28.1. The van der Waals surface area contributed by atoms with E-state index in [1.807, 2.05) is 6.92 Å². The molecule has 1 rings (SSSR count). The molecule has 5 heteroatoms. The summed E-state index contributed by atoms with van der Waals surface area (Å²) in [6.45, 7) is 4.19. The van der Waals surface area contributed by atoms with Crippen molar-refractivity contribution >= 4 is 9.84 Å². The zero-order valence-electron chi connectivity index (χ0n) is 8.49. The molecule has 1 aliphatic rings. The van der Waals surface area contributed by atoms with E-state index in [4.69, 9.17) is 10.00 Å². The van der Waals surface area contributed by atoms with E-state index in [1.165, 1.54) is 0 Å². The Hall–Kier alpha value is -0.600. The summed E-state index contributed by atoms with van der Waals surface area (Å²) in [6.07, 6.45) is 0.430. The Balaban J connectivity index is 2.69. The van der Waals surface area contributed by atoms with E-state index in [2.05, 4.69) is 6.07 Å². The minimum atomic E-state index is -3.08. The van der Waals surface area contributed by atoms with Crippen LogP contribution in [0.2, 0.25) is 0 Å². The number of hydrogen-bond donors (Lipinski definition) is 0. The Labute approximate surface area is 84.8 Å². The van der Waals surface area contributed by atoms with Gasteiger partial charge in [-0.3, -0.25) is 0 Å². The first-order valence-electron chi connectivity index (χ1n) is 4.73. The largest absolute Gasteiger partial charge is 0.380 e. The molecule has 2 unspecified atom stereocenters. The zero-order valence-corrected chi connectivity index (χ0v) is 9.30. The number of nitriles is 1. The van der Waals surface area contributed by atoms with Gasteiger partial charge in [-0.05, 0) is 13.3 Å². The van der Waals surface area contributed by atoms with Crippen LogP contribution in [-0.2, 0) is 14.6 Å². The van der Waals surface area contributed by atoms with Gasteiger partial charge in [-0.2, -0.15) is 5.26 Å². The molecule has 0 radical (unpaired) electrons. The Morgan fingerprint density at radius 2 is 2.21 bits per heavy atom. The van der Waals surface area contributed by atoms with Crippen molar-refractivity contribution in [3.63, 3.8) is 0 Å². The summed E-state index contributed by atoms with van der Waals surface area (Å²) in [7, 11) is -3.08. The minimum Gasteiger partial charge on any atom is -0.380 e. The SMILES string of the molecule is CCOCC1(C#N)CC1S(=O)(=O)CC. The van der Waals surface area contributed by atoms with Crippen molar-refractivity contribution in [2.45, 2.75) is 25.5 Å². The lowest BCUT2D eigenvalue weighted by Crippen LogP contribution is -2.20. The molecule has 2 atom stereocenters. The van der Waals surface area contributed by atoms with E-state index < -0.39 is 20.5 Å². The molecule has 0 heterocycles. The number of hydrogen-bond acceptors (Lipinski definition) is 4. The predicted molar refractivity (Wildman–Crippen MR) is 52.4 cm³/mol. The van der Waals surface area contributed by atoms with Crippen LogP contribution >= 0.6 is 0 Å². The molecule has 0 N–H and O–H groups in total. The smallest absolute Gasteiger partial charge is 0.154 e. The first kappa shape index (κ1) is 11.5. The summed E-state index contributed by atoms with van der Waals surface area (Å²) in [4.78, 5) is 0. The van der Waals surface area contributed by atoms with Crippen molar-refractivity contribution in [3.05, 3.63) is 0 Å². The molecular formula is C9H15NO3S. The third kappa shape index (κ3) is 1.91. The molecule has 0 spiro atoms. The maximum atomic E-state index is 11.5. The van der Waals surface area contributed by atoms with Gasteiger partial charge in [-0.15, -0.1) is 0 Å². The number of nitrogens with zero attached hydrogens (tertiary/aromatic N) is 1. The summed E-state index contributed by atoms with van der Waals surface area (Å²) in [5.41, 5.74) is -0.759. The van der Waals surface area contributed by atoms with Crippen LogP contribution in [0.25, 0.3) is 0 Å². The highest BCUT2D eigenvalue weighted by molar-refractivity contribution is 7.92. The van der Waals surface area contributed by atoms with E-state index in [1.54, 1.807) is 6.92 Å². The number of rotatable bonds is 5. The van der Waals surface area contributed by atoms with Gasteiger partial charge in [0.2, 0.25) is 0 Å². The lowest BCUT2D eigenvalue weighted by Gasteiger charge is -2.07. The molecule has 0 amide bonds. The maximum absolute atomic E-state index is 11.5. The van der Waals surface area contributed by atoms with Crippen molar-refractivity contribution in [2.75, 3.05) is 19.0 Å². The summed E-state index contributed by atoms with van der Waals surface area (Å²) in [5, 5.41) is 8.41. The summed E-state index contributed by atoms with van der Waals surface area (Å²) >= 11 is 0. The molecule has 1 aliphatic carbocycles. The monoisotopic (exact) mass is 217 g/mol. The molecule has 0 bridgehead atoms. The third-order valence-corrected chi connectivity index (χ3v) is 4.92. The fourth-order valence-electron chi connectivity index (χ4n) is 1.53. The van der Waals surface area contributed by atoms with Crippen LogP contribution < -0.4 is 0 Å². The minimum absolute atomic E-state index is 0.104. The van der Waals surface area contributed by atoms with Gasteiger partial charge in [0.25, 0.3) is 0 Å². The second kappa shape index (κ2) is 3.87. The predicted octanol–water partition coefficient (Wildman–Crippen LogP) is 0.740. The van der Waals surface area contributed by atoms with Crippen molar-refractivity contribution in [1.29, 1.82) is 5.26 Å². The van der Waals surface area contributed by atoms with Crippen molar-refractivity contribution in [3.8, 4) is 6.07 Å². The molecule has 0 saturated heterocycles. The first-order valence-corrected chi connectivity index (χ1v) is 6.44. The zero-order chi connectivity index (χ0) is 10.8. The van der Waals surface area contributed by atoms with E-state index in [0.717, 1.165) is 0 Å². The van der Waals surface area contributed by atoms with Crippen LogP contribution in [-0.4, -0.2) is 32.6 Å². The fourth-order valence-corrected chi connectivity index (χ4v) is 3.29. The molecule has 0 aliphatic heterocycles. The molecule has 1 saturated carbocycles. The highest BCUT2D eigenvalue weighted by Crippen LogP contribution is 2.50. The second-order valence-corrected chi connectivity index (χ2v) is 6.02. The van der Waals surface area contributed by atoms with E-state index in [0.29, 0.717) is 13.0 Å². The molecule has 4 nitrogen and oxygen atoms in total. The lowest BCUT2D eigenvalue weighted by molar-refractivity contribution is 0.119. The van der Waals surface area contributed by atoms with Crippen LogP contribution in [0.5, 0.6) is 0 Å². The van der Waals surface area contributed by atoms with E-state index in [9.17, 15) is 8.42 Å². The van der Waals surface area contributed by atoms with Crippen LogP contribution in [0.4, 0.5) is 0 Å². The van der Waals surface area contributed by atoms with Crippen molar-refractivity contribution in [2.24, 2.45) is 5.41 Å². The average Bonchev–Trinajstić information content (AvgIpc) is 2.91. The van der Waals surface area contributed by atoms with Crippen LogP contribution in [0.3, 0.4) is 0 Å². The van der Waals surface area contributed by atoms with Crippen molar-refractivity contribution < 1.29 is 13.2 Å². The average molecular weight is 217 g/mol. The molecular weight excluding hydrogens is 202 g/mol. The van der Waals surface area contributed by atoms with E-state index >= 15 is 0 Å². The van der Waals surface area contributed by atoms with Gasteiger partial charge in [0, 0.05) is 12.4 Å². The van der Waals surface area contributed by atoms with Crippen molar-refractivity contribution in [1.82, 2.24) is 0 Å². The standard InChI is InChI=1S/C9H15NO3S/c1-3-13-7-9(6-10)5-8(9)14(11,12)4-2/h8H,3-5,7H2,1-2H3. The number of sulfone groups is 1. The quantitative estimate of drug-likeness (QED) is 0.681. The second-order valence-electron chi connectivity index (χ2n) is 3.55. The fraction of sp³-hybridized carbons (Fsp3) is 0.889. The molecule has 80 valence electrons. The summed E-state index contributed by atoms with van der Waals surface area (Å²) in [6, 6.07) is 2.07. The molecule has 0 aromatic rings. The molecule has 1 fully saturated rings. The van der Waals surface area contributed by atoms with Crippen LogP contribution in [0.15, 0.2) is 0 Å². The van der Waals surface area contributed by atoms with Crippen LogP contribution in [0.1, 0.15) is 20.3 Å². The molecule has 14 heavy (non-hydrogen) atoms. The first-order chi connectivity index (χ1) is 6.52. The molecule has 0 aromatic heterocycles. The maximum Gasteiger partial charge on any atom is 0.154 e. The topological polar surface area (TPSA) is 67.2 Å². The van der Waals surface area contributed by atoms with Gasteiger partial charge in [-0.1, -0.05) is 6.92 Å².